The lowest BCUT2D eigenvalue weighted by molar-refractivity contribution is -0.386. The standard InChI is InChI=1S/C10H12N2O4/c1-15-7-5-8(6-7)16-10-9(12(13)14)3-2-4-11-10/h2-4,7-8H,5-6H2,1H3. The Morgan fingerprint density at radius 2 is 2.25 bits per heavy atom. The Balaban J connectivity index is 2.02. The van der Waals surface area contributed by atoms with Crippen molar-refractivity contribution in [1.82, 2.24) is 4.98 Å². The van der Waals surface area contributed by atoms with Crippen molar-refractivity contribution >= 4 is 5.69 Å². The molecule has 0 aromatic carbocycles. The summed E-state index contributed by atoms with van der Waals surface area (Å²) < 4.78 is 10.5. The Kier molecular flexibility index (Phi) is 3.00. The van der Waals surface area contributed by atoms with Crippen LogP contribution in [-0.4, -0.2) is 29.2 Å². The zero-order valence-corrected chi connectivity index (χ0v) is 8.83. The summed E-state index contributed by atoms with van der Waals surface area (Å²) in [5, 5.41) is 10.7. The molecular formula is C10H12N2O4. The first-order valence-electron chi connectivity index (χ1n) is 4.99. The van der Waals surface area contributed by atoms with Gasteiger partial charge in [-0.3, -0.25) is 10.1 Å². The molecule has 1 aromatic rings. The number of nitrogens with zero attached hydrogens (tertiary/aromatic N) is 2. The van der Waals surface area contributed by atoms with E-state index >= 15 is 0 Å². The van der Waals surface area contributed by atoms with Gasteiger partial charge in [0.15, 0.2) is 0 Å². The number of hydrogen-bond donors (Lipinski definition) is 0. The molecule has 0 saturated heterocycles. The molecule has 6 heteroatoms. The van der Waals surface area contributed by atoms with Crippen LogP contribution >= 0.6 is 0 Å². The normalized spacial score (nSPS) is 23.6. The van der Waals surface area contributed by atoms with Crippen molar-refractivity contribution in [2.24, 2.45) is 0 Å². The topological polar surface area (TPSA) is 74.5 Å². The molecule has 1 aliphatic carbocycles. The molecule has 2 rings (SSSR count). The third-order valence-corrected chi connectivity index (χ3v) is 2.61. The molecule has 0 bridgehead atoms. The summed E-state index contributed by atoms with van der Waals surface area (Å²) in [6.07, 6.45) is 3.16. The molecule has 6 nitrogen and oxygen atoms in total. The lowest BCUT2D eigenvalue weighted by Gasteiger charge is -2.33. The molecule has 0 aliphatic heterocycles. The van der Waals surface area contributed by atoms with Crippen molar-refractivity contribution in [3.8, 4) is 5.88 Å². The van der Waals surface area contributed by atoms with E-state index in [1.807, 2.05) is 0 Å². The van der Waals surface area contributed by atoms with Gasteiger partial charge in [-0.1, -0.05) is 0 Å². The van der Waals surface area contributed by atoms with Crippen LogP contribution < -0.4 is 4.74 Å². The molecule has 1 aromatic heterocycles. The second kappa shape index (κ2) is 4.44. The molecule has 0 radical (unpaired) electrons. The first-order chi connectivity index (χ1) is 7.70. The maximum absolute atomic E-state index is 10.7. The minimum atomic E-state index is -0.491. The fourth-order valence-corrected chi connectivity index (χ4v) is 1.58. The van der Waals surface area contributed by atoms with Crippen molar-refractivity contribution in [2.75, 3.05) is 7.11 Å². The molecule has 0 spiro atoms. The summed E-state index contributed by atoms with van der Waals surface area (Å²) >= 11 is 0. The molecule has 0 N–H and O–H groups in total. The fraction of sp³-hybridized carbons (Fsp3) is 0.500. The van der Waals surface area contributed by atoms with Crippen molar-refractivity contribution in [3.05, 3.63) is 28.4 Å². The van der Waals surface area contributed by atoms with Crippen LogP contribution in [0.1, 0.15) is 12.8 Å². The van der Waals surface area contributed by atoms with Crippen LogP contribution in [0.2, 0.25) is 0 Å². The number of hydrogen-bond acceptors (Lipinski definition) is 5. The number of ether oxygens (including phenoxy) is 2. The highest BCUT2D eigenvalue weighted by atomic mass is 16.6. The zero-order valence-electron chi connectivity index (χ0n) is 8.83. The van der Waals surface area contributed by atoms with Gasteiger partial charge < -0.3 is 9.47 Å². The van der Waals surface area contributed by atoms with Gasteiger partial charge in [0.2, 0.25) is 0 Å². The molecular weight excluding hydrogens is 212 g/mol. The van der Waals surface area contributed by atoms with Crippen LogP contribution in [0.5, 0.6) is 5.88 Å². The molecule has 86 valence electrons. The van der Waals surface area contributed by atoms with Crippen LogP contribution in [0.4, 0.5) is 5.69 Å². The van der Waals surface area contributed by atoms with Crippen LogP contribution in [0.15, 0.2) is 18.3 Å². The Bertz CT molecular complexity index is 390. The van der Waals surface area contributed by atoms with Crippen LogP contribution in [0.3, 0.4) is 0 Å². The second-order valence-electron chi connectivity index (χ2n) is 3.65. The quantitative estimate of drug-likeness (QED) is 0.573. The van der Waals surface area contributed by atoms with Crippen molar-refractivity contribution in [1.29, 1.82) is 0 Å². The van der Waals surface area contributed by atoms with Gasteiger partial charge in [-0.05, 0) is 6.07 Å². The van der Waals surface area contributed by atoms with Crippen molar-refractivity contribution in [3.63, 3.8) is 0 Å². The lowest BCUT2D eigenvalue weighted by Crippen LogP contribution is -2.39. The Hall–Kier alpha value is -1.69. The molecule has 1 heterocycles. The monoisotopic (exact) mass is 224 g/mol. The largest absolute Gasteiger partial charge is 0.469 e. The third-order valence-electron chi connectivity index (χ3n) is 2.61. The summed E-state index contributed by atoms with van der Waals surface area (Å²) in [4.78, 5) is 14.1. The van der Waals surface area contributed by atoms with Gasteiger partial charge in [-0.25, -0.2) is 4.98 Å². The number of nitro groups is 1. The van der Waals surface area contributed by atoms with Gasteiger partial charge in [-0.2, -0.15) is 0 Å². The Labute approximate surface area is 92.3 Å². The van der Waals surface area contributed by atoms with E-state index in [4.69, 9.17) is 9.47 Å². The highest BCUT2D eigenvalue weighted by molar-refractivity contribution is 5.39. The zero-order chi connectivity index (χ0) is 11.5. The number of rotatable bonds is 4. The number of pyridine rings is 1. The summed E-state index contributed by atoms with van der Waals surface area (Å²) in [5.41, 5.74) is -0.0941. The van der Waals surface area contributed by atoms with Gasteiger partial charge >= 0.3 is 5.69 Å². The lowest BCUT2D eigenvalue weighted by atomic mass is 9.92. The second-order valence-corrected chi connectivity index (χ2v) is 3.65. The minimum Gasteiger partial charge on any atom is -0.469 e. The van der Waals surface area contributed by atoms with E-state index in [1.165, 1.54) is 18.3 Å². The van der Waals surface area contributed by atoms with Crippen molar-refractivity contribution in [2.45, 2.75) is 25.0 Å². The number of methoxy groups -OCH3 is 1. The summed E-state index contributed by atoms with van der Waals surface area (Å²) in [7, 11) is 1.64. The highest BCUT2D eigenvalue weighted by Gasteiger charge is 2.32. The van der Waals surface area contributed by atoms with Gasteiger partial charge in [0.1, 0.15) is 6.10 Å². The van der Waals surface area contributed by atoms with Crippen LogP contribution in [-0.2, 0) is 4.74 Å². The molecule has 0 atom stereocenters. The summed E-state index contributed by atoms with van der Waals surface area (Å²) in [6.45, 7) is 0. The van der Waals surface area contributed by atoms with E-state index in [9.17, 15) is 10.1 Å². The predicted octanol–water partition coefficient (Wildman–Crippen LogP) is 1.55. The Morgan fingerprint density at radius 3 is 2.88 bits per heavy atom. The van der Waals surface area contributed by atoms with Crippen LogP contribution in [0.25, 0.3) is 0 Å². The van der Waals surface area contributed by atoms with Gasteiger partial charge in [0.25, 0.3) is 5.88 Å². The first-order valence-corrected chi connectivity index (χ1v) is 4.99. The summed E-state index contributed by atoms with van der Waals surface area (Å²) in [5.74, 6) is 0.0899. The molecule has 1 aliphatic rings. The molecule has 0 amide bonds. The third kappa shape index (κ3) is 2.11. The first kappa shape index (κ1) is 10.8. The van der Waals surface area contributed by atoms with E-state index in [0.717, 1.165) is 12.8 Å². The average Bonchev–Trinajstić information content (AvgIpc) is 2.23. The van der Waals surface area contributed by atoms with E-state index < -0.39 is 4.92 Å². The molecule has 0 unspecified atom stereocenters. The maximum atomic E-state index is 10.7. The smallest absolute Gasteiger partial charge is 0.330 e. The Morgan fingerprint density at radius 1 is 1.50 bits per heavy atom. The van der Waals surface area contributed by atoms with E-state index in [1.54, 1.807) is 7.11 Å². The predicted molar refractivity (Wildman–Crippen MR) is 55.3 cm³/mol. The number of aromatic nitrogens is 1. The van der Waals surface area contributed by atoms with E-state index in [0.29, 0.717) is 0 Å². The maximum Gasteiger partial charge on any atom is 0.330 e. The fourth-order valence-electron chi connectivity index (χ4n) is 1.58. The molecule has 1 saturated carbocycles. The molecule has 1 fully saturated rings. The SMILES string of the molecule is COC1CC(Oc2ncccc2[N+](=O)[O-])C1. The average molecular weight is 224 g/mol. The minimum absolute atomic E-state index is 0.0291. The van der Waals surface area contributed by atoms with E-state index in [2.05, 4.69) is 4.98 Å². The van der Waals surface area contributed by atoms with Crippen molar-refractivity contribution < 1.29 is 14.4 Å². The van der Waals surface area contributed by atoms with Gasteiger partial charge in [-0.15, -0.1) is 0 Å². The molecule has 16 heavy (non-hydrogen) atoms. The van der Waals surface area contributed by atoms with Gasteiger partial charge in [0.05, 0.1) is 11.0 Å². The van der Waals surface area contributed by atoms with Crippen LogP contribution in [0, 0.1) is 10.1 Å². The summed E-state index contributed by atoms with van der Waals surface area (Å²) in [6, 6.07) is 2.90. The highest BCUT2D eigenvalue weighted by Crippen LogP contribution is 2.31. The van der Waals surface area contributed by atoms with Gasteiger partial charge in [0, 0.05) is 32.2 Å². The van der Waals surface area contributed by atoms with E-state index in [-0.39, 0.29) is 23.8 Å².